The van der Waals surface area contributed by atoms with Crippen LogP contribution in [0, 0.1) is 0 Å². The summed E-state index contributed by atoms with van der Waals surface area (Å²) < 4.78 is 0. The standard InChI is InChI=1S/C13H15NO/c1-3-13(2,15)12-9-14-8-10-6-4-5-7-11(10)12/h4-9,15H,3H2,1-2H3. The second-order valence-corrected chi connectivity index (χ2v) is 4.04. The highest BCUT2D eigenvalue weighted by Gasteiger charge is 2.22. The molecular weight excluding hydrogens is 186 g/mol. The molecule has 1 unspecified atom stereocenters. The van der Waals surface area contributed by atoms with Gasteiger partial charge >= 0.3 is 0 Å². The molecule has 2 heteroatoms. The first-order chi connectivity index (χ1) is 7.15. The second-order valence-electron chi connectivity index (χ2n) is 4.04. The van der Waals surface area contributed by atoms with Crippen molar-refractivity contribution in [2.24, 2.45) is 0 Å². The van der Waals surface area contributed by atoms with Crippen LogP contribution in [-0.4, -0.2) is 10.1 Å². The Balaban J connectivity index is 2.71. The van der Waals surface area contributed by atoms with Gasteiger partial charge in [0.05, 0.1) is 5.60 Å². The van der Waals surface area contributed by atoms with Crippen LogP contribution in [0.2, 0.25) is 0 Å². The summed E-state index contributed by atoms with van der Waals surface area (Å²) in [4.78, 5) is 4.17. The molecule has 0 saturated carbocycles. The minimum Gasteiger partial charge on any atom is -0.385 e. The molecule has 1 atom stereocenters. The molecule has 0 radical (unpaired) electrons. The third-order valence-corrected chi connectivity index (χ3v) is 2.94. The van der Waals surface area contributed by atoms with Crippen LogP contribution in [0.3, 0.4) is 0 Å². The van der Waals surface area contributed by atoms with Gasteiger partial charge in [-0.05, 0) is 18.7 Å². The van der Waals surface area contributed by atoms with Crippen molar-refractivity contribution < 1.29 is 5.11 Å². The third kappa shape index (κ3) is 1.73. The molecular formula is C13H15NO. The Morgan fingerprint density at radius 2 is 2.00 bits per heavy atom. The lowest BCUT2D eigenvalue weighted by Gasteiger charge is -2.23. The molecule has 1 aromatic heterocycles. The van der Waals surface area contributed by atoms with Crippen molar-refractivity contribution in [3.63, 3.8) is 0 Å². The molecule has 1 heterocycles. The smallest absolute Gasteiger partial charge is 0.0886 e. The van der Waals surface area contributed by atoms with Crippen LogP contribution in [0.15, 0.2) is 36.7 Å². The van der Waals surface area contributed by atoms with E-state index in [-0.39, 0.29) is 0 Å². The van der Waals surface area contributed by atoms with Gasteiger partial charge in [0.25, 0.3) is 0 Å². The van der Waals surface area contributed by atoms with E-state index in [4.69, 9.17) is 0 Å². The molecule has 15 heavy (non-hydrogen) atoms. The van der Waals surface area contributed by atoms with Crippen LogP contribution < -0.4 is 0 Å². The summed E-state index contributed by atoms with van der Waals surface area (Å²) in [6.07, 6.45) is 4.26. The van der Waals surface area contributed by atoms with E-state index in [1.54, 1.807) is 6.20 Å². The van der Waals surface area contributed by atoms with Gasteiger partial charge in [-0.15, -0.1) is 0 Å². The van der Waals surface area contributed by atoms with Gasteiger partial charge in [-0.2, -0.15) is 0 Å². The maximum atomic E-state index is 10.3. The van der Waals surface area contributed by atoms with E-state index in [1.165, 1.54) is 0 Å². The molecule has 78 valence electrons. The molecule has 0 aliphatic rings. The van der Waals surface area contributed by atoms with E-state index in [1.807, 2.05) is 44.3 Å². The van der Waals surface area contributed by atoms with Crippen molar-refractivity contribution >= 4 is 10.8 Å². The number of hydrogen-bond acceptors (Lipinski definition) is 2. The molecule has 0 fully saturated rings. The molecule has 0 saturated heterocycles. The van der Waals surface area contributed by atoms with E-state index in [9.17, 15) is 5.11 Å². The minimum atomic E-state index is -0.798. The van der Waals surface area contributed by atoms with Gasteiger partial charge in [0.2, 0.25) is 0 Å². The summed E-state index contributed by atoms with van der Waals surface area (Å²) >= 11 is 0. The van der Waals surface area contributed by atoms with Gasteiger partial charge in [-0.3, -0.25) is 4.98 Å². The summed E-state index contributed by atoms with van der Waals surface area (Å²) in [5.74, 6) is 0. The number of pyridine rings is 1. The zero-order valence-electron chi connectivity index (χ0n) is 9.07. The van der Waals surface area contributed by atoms with Crippen LogP contribution in [0.25, 0.3) is 10.8 Å². The first-order valence-electron chi connectivity index (χ1n) is 5.21. The van der Waals surface area contributed by atoms with Gasteiger partial charge in [0, 0.05) is 23.3 Å². The predicted octanol–water partition coefficient (Wildman–Crippen LogP) is 2.85. The number of nitrogens with zero attached hydrogens (tertiary/aromatic N) is 1. The van der Waals surface area contributed by atoms with Crippen LogP contribution in [0.1, 0.15) is 25.8 Å². The topological polar surface area (TPSA) is 33.1 Å². The van der Waals surface area contributed by atoms with E-state index in [0.29, 0.717) is 6.42 Å². The van der Waals surface area contributed by atoms with Gasteiger partial charge in [0.1, 0.15) is 0 Å². The van der Waals surface area contributed by atoms with Crippen molar-refractivity contribution in [1.29, 1.82) is 0 Å². The molecule has 0 aliphatic heterocycles. The summed E-state index contributed by atoms with van der Waals surface area (Å²) in [6, 6.07) is 8.00. The lowest BCUT2D eigenvalue weighted by molar-refractivity contribution is 0.0543. The fraction of sp³-hybridized carbons (Fsp3) is 0.308. The number of benzene rings is 1. The highest BCUT2D eigenvalue weighted by atomic mass is 16.3. The normalized spacial score (nSPS) is 15.1. The second kappa shape index (κ2) is 3.63. The molecule has 0 spiro atoms. The van der Waals surface area contributed by atoms with Gasteiger partial charge < -0.3 is 5.11 Å². The third-order valence-electron chi connectivity index (χ3n) is 2.94. The zero-order valence-corrected chi connectivity index (χ0v) is 9.07. The van der Waals surface area contributed by atoms with Crippen molar-refractivity contribution in [2.75, 3.05) is 0 Å². The van der Waals surface area contributed by atoms with Crippen molar-refractivity contribution in [3.05, 3.63) is 42.2 Å². The number of rotatable bonds is 2. The quantitative estimate of drug-likeness (QED) is 0.810. The van der Waals surface area contributed by atoms with Crippen LogP contribution in [0.5, 0.6) is 0 Å². The number of hydrogen-bond donors (Lipinski definition) is 1. The van der Waals surface area contributed by atoms with Crippen molar-refractivity contribution in [1.82, 2.24) is 4.98 Å². The minimum absolute atomic E-state index is 0.683. The highest BCUT2D eigenvalue weighted by Crippen LogP contribution is 2.29. The molecule has 1 aromatic carbocycles. The Kier molecular flexibility index (Phi) is 2.45. The number of aliphatic hydroxyl groups is 1. The lowest BCUT2D eigenvalue weighted by Crippen LogP contribution is -2.20. The molecule has 1 N–H and O–H groups in total. The van der Waals surface area contributed by atoms with E-state index >= 15 is 0 Å². The molecule has 2 rings (SSSR count). The summed E-state index contributed by atoms with van der Waals surface area (Å²) in [5.41, 5.74) is 0.108. The van der Waals surface area contributed by atoms with Crippen LogP contribution in [-0.2, 0) is 5.60 Å². The maximum Gasteiger partial charge on any atom is 0.0886 e. The fourth-order valence-corrected chi connectivity index (χ4v) is 1.74. The molecule has 2 aromatic rings. The Morgan fingerprint density at radius 3 is 2.73 bits per heavy atom. The van der Waals surface area contributed by atoms with Gasteiger partial charge in [0.15, 0.2) is 0 Å². The molecule has 2 nitrogen and oxygen atoms in total. The average Bonchev–Trinajstić information content (AvgIpc) is 2.28. The fourth-order valence-electron chi connectivity index (χ4n) is 1.74. The first-order valence-corrected chi connectivity index (χ1v) is 5.21. The van der Waals surface area contributed by atoms with E-state index in [0.717, 1.165) is 16.3 Å². The molecule has 0 aliphatic carbocycles. The summed E-state index contributed by atoms with van der Waals surface area (Å²) in [5, 5.41) is 12.4. The van der Waals surface area contributed by atoms with Crippen LogP contribution >= 0.6 is 0 Å². The Hall–Kier alpha value is -1.41. The SMILES string of the molecule is CCC(C)(O)c1cncc2ccccc12. The average molecular weight is 201 g/mol. The van der Waals surface area contributed by atoms with Gasteiger partial charge in [-0.1, -0.05) is 31.2 Å². The predicted molar refractivity (Wildman–Crippen MR) is 61.6 cm³/mol. The maximum absolute atomic E-state index is 10.3. The number of aromatic nitrogens is 1. The summed E-state index contributed by atoms with van der Waals surface area (Å²) in [7, 11) is 0. The van der Waals surface area contributed by atoms with Crippen molar-refractivity contribution in [2.45, 2.75) is 25.9 Å². The molecule has 0 amide bonds. The van der Waals surface area contributed by atoms with Gasteiger partial charge in [-0.25, -0.2) is 0 Å². The number of fused-ring (bicyclic) bond motifs is 1. The monoisotopic (exact) mass is 201 g/mol. The first kappa shape index (κ1) is 10.1. The Morgan fingerprint density at radius 1 is 1.27 bits per heavy atom. The van der Waals surface area contributed by atoms with Crippen molar-refractivity contribution in [3.8, 4) is 0 Å². The van der Waals surface area contributed by atoms with E-state index in [2.05, 4.69) is 4.98 Å². The lowest BCUT2D eigenvalue weighted by atomic mass is 9.91. The Bertz CT molecular complexity index is 471. The van der Waals surface area contributed by atoms with E-state index < -0.39 is 5.60 Å². The Labute approximate surface area is 89.6 Å². The largest absolute Gasteiger partial charge is 0.385 e. The summed E-state index contributed by atoms with van der Waals surface area (Å²) in [6.45, 7) is 3.80. The molecule has 0 bridgehead atoms. The highest BCUT2D eigenvalue weighted by molar-refractivity contribution is 5.85. The van der Waals surface area contributed by atoms with Crippen LogP contribution in [0.4, 0.5) is 0 Å². The zero-order chi connectivity index (χ0) is 10.9.